The fourth-order valence-corrected chi connectivity index (χ4v) is 3.32. The number of rotatable bonds is 6. The Bertz CT molecular complexity index is 354. The molecular formula is C15H23NO3. The maximum atomic E-state index is 12.5. The smallest absolute Gasteiger partial charge is 0.325 e. The van der Waals surface area contributed by atoms with Gasteiger partial charge in [-0.2, -0.15) is 0 Å². The van der Waals surface area contributed by atoms with Crippen molar-refractivity contribution in [2.75, 3.05) is 19.7 Å². The molecule has 2 fully saturated rings. The van der Waals surface area contributed by atoms with Gasteiger partial charge in [-0.05, 0) is 31.6 Å². The topological polar surface area (TPSA) is 46.6 Å². The molecule has 2 saturated carbocycles. The van der Waals surface area contributed by atoms with Crippen molar-refractivity contribution in [3.05, 3.63) is 12.7 Å². The van der Waals surface area contributed by atoms with Crippen LogP contribution < -0.4 is 0 Å². The molecule has 2 aliphatic rings. The van der Waals surface area contributed by atoms with Gasteiger partial charge in [-0.3, -0.25) is 9.59 Å². The van der Waals surface area contributed by atoms with Gasteiger partial charge in [-0.25, -0.2) is 0 Å². The average Bonchev–Trinajstić information content (AvgIpc) is 3.12. The monoisotopic (exact) mass is 265 g/mol. The third-order valence-electron chi connectivity index (χ3n) is 4.23. The lowest BCUT2D eigenvalue weighted by atomic mass is 10.0. The summed E-state index contributed by atoms with van der Waals surface area (Å²) >= 11 is 0. The molecule has 0 aromatic heterocycles. The normalized spacial score (nSPS) is 28.2. The fourth-order valence-electron chi connectivity index (χ4n) is 3.32. The Morgan fingerprint density at radius 1 is 1.32 bits per heavy atom. The van der Waals surface area contributed by atoms with Crippen molar-refractivity contribution in [3.8, 4) is 0 Å². The Labute approximate surface area is 114 Å². The van der Waals surface area contributed by atoms with Gasteiger partial charge in [0.1, 0.15) is 6.54 Å². The number of esters is 1. The van der Waals surface area contributed by atoms with Crippen LogP contribution in [-0.4, -0.2) is 36.5 Å². The number of ether oxygens (including phenoxy) is 1. The molecule has 0 radical (unpaired) electrons. The molecule has 0 N–H and O–H groups in total. The van der Waals surface area contributed by atoms with Gasteiger partial charge in [0.05, 0.1) is 6.61 Å². The van der Waals surface area contributed by atoms with E-state index in [0.717, 1.165) is 0 Å². The predicted octanol–water partition coefficient (Wildman–Crippen LogP) is 2.00. The van der Waals surface area contributed by atoms with Crippen LogP contribution in [0.15, 0.2) is 12.7 Å². The first-order chi connectivity index (χ1) is 9.19. The van der Waals surface area contributed by atoms with Gasteiger partial charge in [0.25, 0.3) is 0 Å². The number of fused-ring (bicyclic) bond motifs is 1. The average molecular weight is 265 g/mol. The van der Waals surface area contributed by atoms with Gasteiger partial charge in [0.15, 0.2) is 0 Å². The van der Waals surface area contributed by atoms with Gasteiger partial charge in [-0.15, -0.1) is 6.58 Å². The van der Waals surface area contributed by atoms with E-state index in [4.69, 9.17) is 4.74 Å². The lowest BCUT2D eigenvalue weighted by Crippen LogP contribution is -2.38. The Morgan fingerprint density at radius 2 is 1.95 bits per heavy atom. The summed E-state index contributed by atoms with van der Waals surface area (Å²) in [6.07, 6.45) is 6.49. The molecular weight excluding hydrogens is 242 g/mol. The molecule has 0 aromatic carbocycles. The first-order valence-corrected chi connectivity index (χ1v) is 7.24. The summed E-state index contributed by atoms with van der Waals surface area (Å²) in [5.41, 5.74) is 0. The van der Waals surface area contributed by atoms with E-state index in [1.54, 1.807) is 17.9 Å². The molecule has 2 unspecified atom stereocenters. The molecule has 1 amide bonds. The highest BCUT2D eigenvalue weighted by Gasteiger charge is 2.55. The van der Waals surface area contributed by atoms with E-state index in [-0.39, 0.29) is 24.3 Å². The molecule has 0 spiro atoms. The molecule has 0 heterocycles. The zero-order valence-corrected chi connectivity index (χ0v) is 11.6. The Kier molecular flexibility index (Phi) is 4.61. The maximum absolute atomic E-state index is 12.5. The summed E-state index contributed by atoms with van der Waals surface area (Å²) in [4.78, 5) is 25.6. The van der Waals surface area contributed by atoms with Gasteiger partial charge in [0.2, 0.25) is 5.91 Å². The summed E-state index contributed by atoms with van der Waals surface area (Å²) in [7, 11) is 0. The highest BCUT2D eigenvalue weighted by Crippen LogP contribution is 2.56. The standard InChI is InChI=1S/C15H23NO3/c1-3-9-16(10-13(17)19-4-2)15(18)14-11-7-5-6-8-12(11)14/h3,11-12,14H,1,4-10H2,2H3. The largest absolute Gasteiger partial charge is 0.465 e. The summed E-state index contributed by atoms with van der Waals surface area (Å²) in [5, 5.41) is 0. The molecule has 0 aliphatic heterocycles. The molecule has 4 heteroatoms. The van der Waals surface area contributed by atoms with Gasteiger partial charge >= 0.3 is 5.97 Å². The highest BCUT2D eigenvalue weighted by molar-refractivity contribution is 5.86. The predicted molar refractivity (Wildman–Crippen MR) is 72.3 cm³/mol. The Morgan fingerprint density at radius 3 is 2.47 bits per heavy atom. The second kappa shape index (κ2) is 6.22. The number of hydrogen-bond acceptors (Lipinski definition) is 3. The minimum Gasteiger partial charge on any atom is -0.465 e. The number of nitrogens with zero attached hydrogens (tertiary/aromatic N) is 1. The van der Waals surface area contributed by atoms with Crippen LogP contribution in [0.3, 0.4) is 0 Å². The van der Waals surface area contributed by atoms with Crippen molar-refractivity contribution in [1.82, 2.24) is 4.90 Å². The number of carbonyl (C=O) groups excluding carboxylic acids is 2. The minimum atomic E-state index is -0.332. The number of carbonyl (C=O) groups is 2. The quantitative estimate of drug-likeness (QED) is 0.545. The Balaban J connectivity index is 1.93. The van der Waals surface area contributed by atoms with Crippen molar-refractivity contribution in [2.24, 2.45) is 17.8 Å². The van der Waals surface area contributed by atoms with Crippen molar-refractivity contribution in [3.63, 3.8) is 0 Å². The van der Waals surface area contributed by atoms with Crippen LogP contribution in [0.2, 0.25) is 0 Å². The van der Waals surface area contributed by atoms with Crippen molar-refractivity contribution in [2.45, 2.75) is 32.6 Å². The molecule has 2 atom stereocenters. The van der Waals surface area contributed by atoms with E-state index in [2.05, 4.69) is 6.58 Å². The van der Waals surface area contributed by atoms with E-state index in [0.29, 0.717) is 25.0 Å². The lowest BCUT2D eigenvalue weighted by molar-refractivity contribution is -0.149. The number of hydrogen-bond donors (Lipinski definition) is 0. The molecule has 2 aliphatic carbocycles. The van der Waals surface area contributed by atoms with Crippen LogP contribution in [0, 0.1) is 17.8 Å². The SMILES string of the molecule is C=CCN(CC(=O)OCC)C(=O)C1C2CCCCC21. The van der Waals surface area contributed by atoms with Crippen molar-refractivity contribution in [1.29, 1.82) is 0 Å². The van der Waals surface area contributed by atoms with Crippen molar-refractivity contribution >= 4 is 11.9 Å². The number of amides is 1. The summed E-state index contributed by atoms with van der Waals surface area (Å²) in [6.45, 7) is 6.26. The third-order valence-corrected chi connectivity index (χ3v) is 4.23. The molecule has 19 heavy (non-hydrogen) atoms. The molecule has 0 bridgehead atoms. The first-order valence-electron chi connectivity index (χ1n) is 7.24. The Hall–Kier alpha value is -1.32. The van der Waals surface area contributed by atoms with Crippen LogP contribution in [0.5, 0.6) is 0 Å². The van der Waals surface area contributed by atoms with Crippen LogP contribution in [0.1, 0.15) is 32.6 Å². The molecule has 4 nitrogen and oxygen atoms in total. The third kappa shape index (κ3) is 3.17. The zero-order valence-electron chi connectivity index (χ0n) is 11.6. The van der Waals surface area contributed by atoms with Gasteiger partial charge in [-0.1, -0.05) is 18.9 Å². The van der Waals surface area contributed by atoms with E-state index >= 15 is 0 Å². The minimum absolute atomic E-state index is 0.0502. The van der Waals surface area contributed by atoms with Crippen LogP contribution >= 0.6 is 0 Å². The molecule has 0 saturated heterocycles. The van der Waals surface area contributed by atoms with Gasteiger partial charge in [0, 0.05) is 12.5 Å². The van der Waals surface area contributed by atoms with Crippen molar-refractivity contribution < 1.29 is 14.3 Å². The second-order valence-electron chi connectivity index (χ2n) is 5.45. The lowest BCUT2D eigenvalue weighted by Gasteiger charge is -2.20. The summed E-state index contributed by atoms with van der Waals surface area (Å²) < 4.78 is 4.92. The summed E-state index contributed by atoms with van der Waals surface area (Å²) in [6, 6.07) is 0. The zero-order chi connectivity index (χ0) is 13.8. The van der Waals surface area contributed by atoms with E-state index in [9.17, 15) is 9.59 Å². The highest BCUT2D eigenvalue weighted by atomic mass is 16.5. The van der Waals surface area contributed by atoms with Crippen LogP contribution in [0.25, 0.3) is 0 Å². The van der Waals surface area contributed by atoms with Gasteiger partial charge < -0.3 is 9.64 Å². The van der Waals surface area contributed by atoms with E-state index in [1.807, 2.05) is 0 Å². The molecule has 106 valence electrons. The fraction of sp³-hybridized carbons (Fsp3) is 0.733. The van der Waals surface area contributed by atoms with Crippen LogP contribution in [0.4, 0.5) is 0 Å². The maximum Gasteiger partial charge on any atom is 0.325 e. The summed E-state index contributed by atoms with van der Waals surface area (Å²) in [5.74, 6) is 1.06. The first kappa shape index (κ1) is 14.1. The van der Waals surface area contributed by atoms with Crippen LogP contribution in [-0.2, 0) is 14.3 Å². The second-order valence-corrected chi connectivity index (χ2v) is 5.45. The molecule has 2 rings (SSSR count). The van der Waals surface area contributed by atoms with E-state index < -0.39 is 0 Å². The van der Waals surface area contributed by atoms with E-state index in [1.165, 1.54) is 25.7 Å². The molecule has 0 aromatic rings.